The van der Waals surface area contributed by atoms with Crippen LogP contribution in [0.3, 0.4) is 0 Å². The molecule has 2 N–H and O–H groups in total. The van der Waals surface area contributed by atoms with Gasteiger partial charge in [-0.2, -0.15) is 0 Å². The zero-order chi connectivity index (χ0) is 22.7. The number of para-hydroxylation sites is 3. The van der Waals surface area contributed by atoms with Gasteiger partial charge in [-0.3, -0.25) is 9.59 Å². The molecule has 2 aromatic carbocycles. The Morgan fingerprint density at radius 2 is 1.88 bits per heavy atom. The van der Waals surface area contributed by atoms with Gasteiger partial charge >= 0.3 is 0 Å². The van der Waals surface area contributed by atoms with Gasteiger partial charge in [-0.05, 0) is 37.0 Å². The van der Waals surface area contributed by atoms with Gasteiger partial charge < -0.3 is 19.9 Å². The van der Waals surface area contributed by atoms with Crippen molar-refractivity contribution in [3.05, 3.63) is 60.4 Å². The van der Waals surface area contributed by atoms with Gasteiger partial charge in [0.2, 0.25) is 11.8 Å². The van der Waals surface area contributed by atoms with Crippen LogP contribution in [0.25, 0.3) is 11.0 Å². The lowest BCUT2D eigenvalue weighted by Gasteiger charge is -2.38. The zero-order valence-corrected chi connectivity index (χ0v) is 18.7. The third kappa shape index (κ3) is 4.99. The number of hydrogen-bond acceptors (Lipinski definition) is 4. The van der Waals surface area contributed by atoms with Crippen LogP contribution >= 0.6 is 0 Å². The third-order valence-electron chi connectivity index (χ3n) is 5.93. The average molecular weight is 435 g/mol. The average Bonchev–Trinajstić information content (AvgIpc) is 3.16. The highest BCUT2D eigenvalue weighted by Gasteiger charge is 2.33. The lowest BCUT2D eigenvalue weighted by atomic mass is 9.89. The van der Waals surface area contributed by atoms with Crippen molar-refractivity contribution in [1.82, 2.24) is 14.9 Å². The summed E-state index contributed by atoms with van der Waals surface area (Å²) in [5.74, 6) is 0.160. The van der Waals surface area contributed by atoms with E-state index in [9.17, 15) is 9.59 Å². The SMILES string of the molecule is CC(=O)N[C@H]1C[C@@H](c2ccccc2NC(=O)Cn2cnc3ccccc32)O[C@@H](C(C)C)C1. The van der Waals surface area contributed by atoms with Crippen molar-refractivity contribution in [3.8, 4) is 0 Å². The van der Waals surface area contributed by atoms with Gasteiger partial charge in [-0.25, -0.2) is 4.98 Å². The van der Waals surface area contributed by atoms with E-state index in [4.69, 9.17) is 4.74 Å². The molecule has 0 aliphatic carbocycles. The summed E-state index contributed by atoms with van der Waals surface area (Å²) in [6, 6.07) is 15.5. The van der Waals surface area contributed by atoms with Gasteiger partial charge in [0.1, 0.15) is 6.54 Å². The minimum atomic E-state index is -0.210. The van der Waals surface area contributed by atoms with Crippen LogP contribution in [0.2, 0.25) is 0 Å². The number of ether oxygens (including phenoxy) is 1. The first-order valence-corrected chi connectivity index (χ1v) is 11.1. The largest absolute Gasteiger partial charge is 0.370 e. The van der Waals surface area contributed by atoms with Gasteiger partial charge in [0.25, 0.3) is 0 Å². The van der Waals surface area contributed by atoms with Crippen molar-refractivity contribution in [1.29, 1.82) is 0 Å². The Balaban J connectivity index is 1.52. The number of nitrogens with one attached hydrogen (secondary N) is 2. The zero-order valence-electron chi connectivity index (χ0n) is 18.7. The van der Waals surface area contributed by atoms with E-state index in [1.165, 1.54) is 0 Å². The minimum absolute atomic E-state index is 0.0340. The van der Waals surface area contributed by atoms with Crippen molar-refractivity contribution in [2.45, 2.75) is 58.4 Å². The number of amides is 2. The molecule has 1 aliphatic rings. The Kier molecular flexibility index (Phi) is 6.55. The van der Waals surface area contributed by atoms with Crippen molar-refractivity contribution < 1.29 is 14.3 Å². The Labute approximate surface area is 188 Å². The molecule has 3 aromatic rings. The number of nitrogens with zero attached hydrogens (tertiary/aromatic N) is 2. The van der Waals surface area contributed by atoms with Gasteiger partial charge in [0.05, 0.1) is 29.6 Å². The number of benzene rings is 2. The number of imidazole rings is 1. The fourth-order valence-corrected chi connectivity index (χ4v) is 4.36. The van der Waals surface area contributed by atoms with Gasteiger partial charge in [0, 0.05) is 24.2 Å². The maximum Gasteiger partial charge on any atom is 0.244 e. The van der Waals surface area contributed by atoms with Gasteiger partial charge in [-0.1, -0.05) is 44.2 Å². The molecule has 7 nitrogen and oxygen atoms in total. The number of fused-ring (bicyclic) bond motifs is 1. The number of hydrogen-bond donors (Lipinski definition) is 2. The van der Waals surface area contributed by atoms with E-state index in [-0.39, 0.29) is 36.6 Å². The normalized spacial score (nSPS) is 20.9. The standard InChI is InChI=1S/C25H30N4O3/c1-16(2)23-12-18(27-17(3)30)13-24(32-23)19-8-4-5-9-20(19)28-25(31)14-29-15-26-21-10-6-7-11-22(21)29/h4-11,15-16,18,23-24H,12-14H2,1-3H3,(H,27,30)(H,28,31)/t18-,23-,24+/m1/s1. The van der Waals surface area contributed by atoms with Gasteiger partial charge in [0.15, 0.2) is 0 Å². The smallest absolute Gasteiger partial charge is 0.244 e. The van der Waals surface area contributed by atoms with E-state index in [1.807, 2.05) is 53.1 Å². The fourth-order valence-electron chi connectivity index (χ4n) is 4.36. The van der Waals surface area contributed by atoms with E-state index in [1.54, 1.807) is 13.3 Å². The molecule has 3 atom stereocenters. The van der Waals surface area contributed by atoms with Crippen molar-refractivity contribution in [2.24, 2.45) is 5.92 Å². The van der Waals surface area contributed by atoms with Crippen LogP contribution in [-0.2, 0) is 20.9 Å². The highest BCUT2D eigenvalue weighted by molar-refractivity contribution is 5.92. The molecule has 1 saturated heterocycles. The lowest BCUT2D eigenvalue weighted by molar-refractivity contribution is -0.123. The second kappa shape index (κ2) is 9.53. The second-order valence-electron chi connectivity index (χ2n) is 8.77. The van der Waals surface area contributed by atoms with Crippen LogP contribution in [0.15, 0.2) is 54.9 Å². The third-order valence-corrected chi connectivity index (χ3v) is 5.93. The Bertz CT molecular complexity index is 1110. The molecule has 2 amide bonds. The predicted octanol–water partition coefficient (Wildman–Crippen LogP) is 4.06. The highest BCUT2D eigenvalue weighted by atomic mass is 16.5. The lowest BCUT2D eigenvalue weighted by Crippen LogP contribution is -2.43. The van der Waals surface area contributed by atoms with Crippen molar-refractivity contribution in [2.75, 3.05) is 5.32 Å². The molecule has 2 heterocycles. The molecule has 1 fully saturated rings. The number of carbonyl (C=O) groups excluding carboxylic acids is 2. The predicted molar refractivity (Wildman–Crippen MR) is 124 cm³/mol. The fraction of sp³-hybridized carbons (Fsp3) is 0.400. The summed E-state index contributed by atoms with van der Waals surface area (Å²) in [7, 11) is 0. The topological polar surface area (TPSA) is 85.3 Å². The molecular weight excluding hydrogens is 404 g/mol. The summed E-state index contributed by atoms with van der Waals surface area (Å²) >= 11 is 0. The van der Waals surface area contributed by atoms with E-state index >= 15 is 0 Å². The number of aromatic nitrogens is 2. The summed E-state index contributed by atoms with van der Waals surface area (Å²) in [6.45, 7) is 5.97. The second-order valence-corrected chi connectivity index (χ2v) is 8.77. The monoisotopic (exact) mass is 434 g/mol. The summed E-state index contributed by atoms with van der Waals surface area (Å²) < 4.78 is 8.25. The van der Waals surface area contributed by atoms with E-state index < -0.39 is 0 Å². The van der Waals surface area contributed by atoms with Crippen LogP contribution in [0.4, 0.5) is 5.69 Å². The van der Waals surface area contributed by atoms with Crippen LogP contribution < -0.4 is 10.6 Å². The van der Waals surface area contributed by atoms with Crippen LogP contribution in [-0.4, -0.2) is 33.5 Å². The van der Waals surface area contributed by atoms with Crippen LogP contribution in [0.1, 0.15) is 45.3 Å². The maximum absolute atomic E-state index is 12.9. The molecule has 4 rings (SSSR count). The molecule has 1 aromatic heterocycles. The molecule has 0 bridgehead atoms. The first-order valence-electron chi connectivity index (χ1n) is 11.1. The highest BCUT2D eigenvalue weighted by Crippen LogP contribution is 2.37. The van der Waals surface area contributed by atoms with E-state index in [2.05, 4.69) is 29.5 Å². The van der Waals surface area contributed by atoms with Crippen molar-refractivity contribution in [3.63, 3.8) is 0 Å². The molecule has 0 radical (unpaired) electrons. The van der Waals surface area contributed by atoms with Gasteiger partial charge in [-0.15, -0.1) is 0 Å². The number of anilines is 1. The summed E-state index contributed by atoms with van der Waals surface area (Å²) in [4.78, 5) is 28.9. The van der Waals surface area contributed by atoms with Crippen LogP contribution in [0.5, 0.6) is 0 Å². The van der Waals surface area contributed by atoms with E-state index in [0.29, 0.717) is 12.3 Å². The Hall–Kier alpha value is -3.19. The number of carbonyl (C=O) groups is 2. The van der Waals surface area contributed by atoms with Crippen LogP contribution in [0, 0.1) is 5.92 Å². The van der Waals surface area contributed by atoms with Crippen molar-refractivity contribution >= 4 is 28.5 Å². The first kappa shape index (κ1) is 22.0. The first-order chi connectivity index (χ1) is 15.4. The Morgan fingerprint density at radius 1 is 1.12 bits per heavy atom. The quantitative estimate of drug-likeness (QED) is 0.613. The summed E-state index contributed by atoms with van der Waals surface area (Å²) in [6.07, 6.45) is 2.97. The number of rotatable bonds is 6. The molecule has 32 heavy (non-hydrogen) atoms. The summed E-state index contributed by atoms with van der Waals surface area (Å²) in [5, 5.41) is 6.11. The van der Waals surface area contributed by atoms with E-state index in [0.717, 1.165) is 28.7 Å². The molecule has 0 spiro atoms. The molecule has 168 valence electrons. The summed E-state index contributed by atoms with van der Waals surface area (Å²) in [5.41, 5.74) is 3.44. The Morgan fingerprint density at radius 3 is 2.66 bits per heavy atom. The molecular formula is C25H30N4O3. The molecule has 1 aliphatic heterocycles. The molecule has 7 heteroatoms. The minimum Gasteiger partial charge on any atom is -0.370 e. The molecule has 0 saturated carbocycles. The molecule has 0 unspecified atom stereocenters. The maximum atomic E-state index is 12.9.